The maximum absolute atomic E-state index is 6.24. The summed E-state index contributed by atoms with van der Waals surface area (Å²) in [6.45, 7) is 2.60. The summed E-state index contributed by atoms with van der Waals surface area (Å²) in [5, 5.41) is 5.88. The number of furan rings is 1. The third kappa shape index (κ3) is 4.27. The third-order valence-electron chi connectivity index (χ3n) is 6.32. The third-order valence-corrected chi connectivity index (χ3v) is 7.20. The van der Waals surface area contributed by atoms with E-state index < -0.39 is 0 Å². The van der Waals surface area contributed by atoms with Crippen molar-refractivity contribution >= 4 is 33.0 Å². The van der Waals surface area contributed by atoms with E-state index in [-0.39, 0.29) is 0 Å². The second kappa shape index (κ2) is 9.14. The predicted octanol–water partition coefficient (Wildman–Crippen LogP) is 5.79. The molecule has 1 aliphatic heterocycles. The molecule has 5 aromatic rings. The van der Waals surface area contributed by atoms with E-state index in [0.717, 1.165) is 46.1 Å². The maximum Gasteiger partial charge on any atom is 0.294 e. The summed E-state index contributed by atoms with van der Waals surface area (Å²) < 4.78 is 24.8. The Bertz CT molecular complexity index is 1450. The molecule has 2 aromatic carbocycles. The van der Waals surface area contributed by atoms with Gasteiger partial charge in [0.05, 0.1) is 20.4 Å². The number of hydrogen-bond acceptors (Lipinski definition) is 8. The second-order valence-electron chi connectivity index (χ2n) is 8.57. The summed E-state index contributed by atoms with van der Waals surface area (Å²) >= 11 is 1.38. The quantitative estimate of drug-likeness (QED) is 0.286. The van der Waals surface area contributed by atoms with Crippen molar-refractivity contribution in [1.29, 1.82) is 0 Å². The van der Waals surface area contributed by atoms with Gasteiger partial charge in [-0.1, -0.05) is 6.07 Å². The van der Waals surface area contributed by atoms with E-state index in [1.807, 2.05) is 30.5 Å². The van der Waals surface area contributed by atoms with Crippen molar-refractivity contribution in [2.24, 2.45) is 0 Å². The van der Waals surface area contributed by atoms with Crippen molar-refractivity contribution in [2.75, 3.05) is 32.2 Å². The first-order valence-corrected chi connectivity index (χ1v) is 12.5. The average molecular weight is 491 g/mol. The lowest BCUT2D eigenvalue weighted by Crippen LogP contribution is -2.29. The lowest BCUT2D eigenvalue weighted by atomic mass is 10.1. The molecule has 0 atom stereocenters. The van der Waals surface area contributed by atoms with E-state index in [4.69, 9.17) is 18.6 Å². The van der Waals surface area contributed by atoms with Crippen LogP contribution in [0.15, 0.2) is 53.1 Å². The van der Waals surface area contributed by atoms with Gasteiger partial charge in [-0.05, 0) is 54.9 Å². The molecule has 1 aliphatic rings. The molecule has 6 rings (SSSR count). The van der Waals surface area contributed by atoms with E-state index in [1.54, 1.807) is 18.7 Å². The molecule has 0 aliphatic carbocycles. The molecular formula is C26H26N4O4S. The first-order valence-electron chi connectivity index (χ1n) is 11.7. The van der Waals surface area contributed by atoms with Gasteiger partial charge in [-0.25, -0.2) is 9.50 Å². The Kier molecular flexibility index (Phi) is 5.69. The first kappa shape index (κ1) is 21.8. The van der Waals surface area contributed by atoms with Crippen molar-refractivity contribution in [2.45, 2.75) is 25.9 Å². The van der Waals surface area contributed by atoms with Crippen LogP contribution in [-0.4, -0.2) is 41.9 Å². The van der Waals surface area contributed by atoms with Crippen LogP contribution in [0.3, 0.4) is 0 Å². The first-order chi connectivity index (χ1) is 17.2. The summed E-state index contributed by atoms with van der Waals surface area (Å²) in [5.41, 5.74) is 3.64. The van der Waals surface area contributed by atoms with Gasteiger partial charge in [-0.15, -0.1) is 5.10 Å². The van der Waals surface area contributed by atoms with Crippen LogP contribution in [0, 0.1) is 0 Å². The van der Waals surface area contributed by atoms with Crippen LogP contribution in [0.4, 0.5) is 5.69 Å². The molecule has 1 fully saturated rings. The highest BCUT2D eigenvalue weighted by molar-refractivity contribution is 7.18. The molecule has 0 amide bonds. The highest BCUT2D eigenvalue weighted by Crippen LogP contribution is 2.34. The van der Waals surface area contributed by atoms with Crippen LogP contribution in [0.1, 0.15) is 24.8 Å². The maximum atomic E-state index is 6.24. The molecule has 180 valence electrons. The fourth-order valence-corrected chi connectivity index (χ4v) is 5.21. The van der Waals surface area contributed by atoms with Crippen molar-refractivity contribution < 1.29 is 18.6 Å². The topological polar surface area (TPSA) is 74.3 Å². The fraction of sp³-hybridized carbons (Fsp3) is 0.308. The molecule has 0 saturated carbocycles. The number of benzene rings is 2. The zero-order valence-corrected chi connectivity index (χ0v) is 20.5. The van der Waals surface area contributed by atoms with Gasteiger partial charge in [0.25, 0.3) is 5.19 Å². The van der Waals surface area contributed by atoms with Crippen LogP contribution in [-0.2, 0) is 6.61 Å². The Labute approximate surface area is 206 Å². The number of methoxy groups -OCH3 is 2. The van der Waals surface area contributed by atoms with Gasteiger partial charge in [0.15, 0.2) is 5.76 Å². The molecule has 9 heteroatoms. The highest BCUT2D eigenvalue weighted by Gasteiger charge is 2.17. The van der Waals surface area contributed by atoms with E-state index in [9.17, 15) is 0 Å². The number of nitrogens with zero attached hydrogens (tertiary/aromatic N) is 4. The van der Waals surface area contributed by atoms with Gasteiger partial charge >= 0.3 is 0 Å². The molecule has 0 radical (unpaired) electrons. The Hall–Kier alpha value is -3.72. The molecule has 0 unspecified atom stereocenters. The number of anilines is 1. The summed E-state index contributed by atoms with van der Waals surface area (Å²) in [4.78, 5) is 7.82. The SMILES string of the molecule is COc1cc(COc2cccc(N3CCCCC3)c2)c2cc(-c3cn4nc(OC)sc4n3)oc2c1. The summed E-state index contributed by atoms with van der Waals surface area (Å²) in [5.74, 6) is 2.23. The van der Waals surface area contributed by atoms with Gasteiger partial charge in [0.1, 0.15) is 29.4 Å². The van der Waals surface area contributed by atoms with Crippen LogP contribution in [0.25, 0.3) is 27.4 Å². The zero-order valence-electron chi connectivity index (χ0n) is 19.7. The number of piperidine rings is 1. The number of rotatable bonds is 7. The summed E-state index contributed by atoms with van der Waals surface area (Å²) in [6, 6.07) is 14.2. The number of ether oxygens (including phenoxy) is 3. The molecule has 0 spiro atoms. The fourth-order valence-electron chi connectivity index (χ4n) is 4.51. The standard InChI is InChI=1S/C26H26N4O4S/c1-31-20-11-17(16-33-19-8-6-7-18(12-19)29-9-4-3-5-10-29)21-14-24(34-23(21)13-20)22-15-30-25(27-22)35-26(28-30)32-2/h6-8,11-15H,3-5,9-10,16H2,1-2H3. The number of hydrogen-bond donors (Lipinski definition) is 0. The Morgan fingerprint density at radius 2 is 1.89 bits per heavy atom. The predicted molar refractivity (Wildman–Crippen MR) is 136 cm³/mol. The molecule has 3 aromatic heterocycles. The lowest BCUT2D eigenvalue weighted by Gasteiger charge is -2.29. The van der Waals surface area contributed by atoms with Gasteiger partial charge in [0, 0.05) is 41.9 Å². The van der Waals surface area contributed by atoms with E-state index in [2.05, 4.69) is 33.2 Å². The van der Waals surface area contributed by atoms with E-state index >= 15 is 0 Å². The van der Waals surface area contributed by atoms with E-state index in [0.29, 0.717) is 23.3 Å². The summed E-state index contributed by atoms with van der Waals surface area (Å²) in [7, 11) is 3.25. The molecule has 4 heterocycles. The molecule has 8 nitrogen and oxygen atoms in total. The molecule has 1 saturated heterocycles. The minimum atomic E-state index is 0.396. The lowest BCUT2D eigenvalue weighted by molar-refractivity contribution is 0.306. The minimum Gasteiger partial charge on any atom is -0.497 e. The van der Waals surface area contributed by atoms with Crippen molar-refractivity contribution in [3.63, 3.8) is 0 Å². The molecule has 35 heavy (non-hydrogen) atoms. The Morgan fingerprint density at radius 3 is 2.69 bits per heavy atom. The van der Waals surface area contributed by atoms with Gasteiger partial charge in [-0.2, -0.15) is 0 Å². The Balaban J connectivity index is 1.28. The second-order valence-corrected chi connectivity index (χ2v) is 9.49. The molecule has 0 bridgehead atoms. The van der Waals surface area contributed by atoms with E-state index in [1.165, 1.54) is 36.3 Å². The number of imidazole rings is 1. The van der Waals surface area contributed by atoms with Gasteiger partial charge < -0.3 is 23.5 Å². The zero-order chi connectivity index (χ0) is 23.8. The van der Waals surface area contributed by atoms with Gasteiger partial charge in [0.2, 0.25) is 4.96 Å². The largest absolute Gasteiger partial charge is 0.497 e. The van der Waals surface area contributed by atoms with Crippen LogP contribution < -0.4 is 19.1 Å². The highest BCUT2D eigenvalue weighted by atomic mass is 32.1. The van der Waals surface area contributed by atoms with Crippen LogP contribution in [0.2, 0.25) is 0 Å². The monoisotopic (exact) mass is 490 g/mol. The minimum absolute atomic E-state index is 0.396. The van der Waals surface area contributed by atoms with Crippen molar-refractivity contribution in [3.05, 3.63) is 54.2 Å². The smallest absolute Gasteiger partial charge is 0.294 e. The normalized spacial score (nSPS) is 14.1. The molecular weight excluding hydrogens is 464 g/mol. The van der Waals surface area contributed by atoms with Crippen molar-refractivity contribution in [1.82, 2.24) is 14.6 Å². The Morgan fingerprint density at radius 1 is 1.00 bits per heavy atom. The van der Waals surface area contributed by atoms with Crippen molar-refractivity contribution in [3.8, 4) is 28.1 Å². The summed E-state index contributed by atoms with van der Waals surface area (Å²) in [6.07, 6.45) is 5.64. The van der Waals surface area contributed by atoms with Crippen LogP contribution in [0.5, 0.6) is 16.7 Å². The van der Waals surface area contributed by atoms with Gasteiger partial charge in [-0.3, -0.25) is 0 Å². The number of fused-ring (bicyclic) bond motifs is 2. The van der Waals surface area contributed by atoms with Crippen LogP contribution >= 0.6 is 11.3 Å². The molecule has 0 N–H and O–H groups in total. The average Bonchev–Trinajstić information content (AvgIpc) is 3.60. The number of aromatic nitrogens is 3.